The Morgan fingerprint density at radius 2 is 1.58 bits per heavy atom. The second kappa shape index (κ2) is 10.8. The summed E-state index contributed by atoms with van der Waals surface area (Å²) in [5.41, 5.74) is 0.101. The number of benzene rings is 1. The molecule has 2 amide bonds. The Bertz CT molecular complexity index is 1630. The van der Waals surface area contributed by atoms with Crippen LogP contribution in [0.1, 0.15) is 435 Å². The number of fused-ring (bicyclic) bond motifs is 6. The van der Waals surface area contributed by atoms with Crippen molar-refractivity contribution in [1.82, 2.24) is 14.2 Å². The lowest BCUT2D eigenvalue weighted by Crippen LogP contribution is -2.61. The Balaban J connectivity index is -0.000000000437. The molecule has 3 saturated carbocycles. The summed E-state index contributed by atoms with van der Waals surface area (Å²) >= 11 is 1.60. The summed E-state index contributed by atoms with van der Waals surface area (Å²) in [6, 6.07) is 9.30. The van der Waals surface area contributed by atoms with Crippen molar-refractivity contribution in [1.29, 1.82) is 0 Å². The second-order valence-electron chi connectivity index (χ2n) is 17.3. The van der Waals surface area contributed by atoms with Gasteiger partial charge in [0.2, 0.25) is 11.8 Å². The minimum absolute atomic E-state index is 0. The van der Waals surface area contributed by atoms with Crippen LogP contribution >= 0.6 is 11.5 Å². The number of hydrogen-bond donors (Lipinski definition) is 0. The fourth-order valence-corrected chi connectivity index (χ4v) is 13.3. The number of hydrogen-bond acceptors (Lipinski definition) is 6. The quantitative estimate of drug-likeness (QED) is 0.279. The van der Waals surface area contributed by atoms with E-state index in [9.17, 15) is 9.59 Å². The Hall–Kier alpha value is -1.99. The largest absolute Gasteiger partial charge is 0.352 e. The average Bonchev–Trinajstić information content (AvgIpc) is 3.64. The first-order valence-electron chi connectivity index (χ1n) is 17.9. The van der Waals surface area contributed by atoms with Crippen LogP contribution in [0.3, 0.4) is 0 Å². The van der Waals surface area contributed by atoms with Gasteiger partial charge in [-0.25, -0.2) is 0 Å². The van der Waals surface area contributed by atoms with Crippen molar-refractivity contribution in [2.75, 3.05) is 25.0 Å². The van der Waals surface area contributed by atoms with E-state index in [4.69, 9.17) is 4.37 Å². The first kappa shape index (κ1) is 31.6. The Morgan fingerprint density at radius 3 is 2.22 bits per heavy atom. The van der Waals surface area contributed by atoms with Gasteiger partial charge in [-0.3, -0.25) is 19.4 Å². The zero-order valence-corrected chi connectivity index (χ0v) is 30.1. The van der Waals surface area contributed by atoms with Crippen LogP contribution in [0.4, 0.5) is 5.82 Å². The third-order valence-corrected chi connectivity index (χ3v) is 15.4. The summed E-state index contributed by atoms with van der Waals surface area (Å²) in [4.78, 5) is 35.9. The zero-order chi connectivity index (χ0) is 32.3. The Labute approximate surface area is 643 Å². The lowest BCUT2D eigenvalue weighted by molar-refractivity contribution is -0.149. The first-order chi connectivity index (χ1) is 21.2. The number of imide groups is 1. The smallest absolute Gasteiger partial charge is 0.233 e. The minimum atomic E-state index is -0.124. The SMILES string of the molecule is CC1C(C)[C@@H]2[C@H]3C(=O)N([C@@H](C)[C@H]4[C@H](C(C)[C@@H]5CN(c6nsc7ccccc67)CC(C)N5C)CCCC4(C)C)C(=O)[C@H]3C1C2(C)C.[HH].[HH].[HH].[HH].[HH].[HH].[HH].[HH].[HH].[HH].[HH].[HH].[HH].[HH].[HH].[HH].[HH].[HH].[HH].[HH].[HH].[HH].[HH].[HH].[HH].[HH].[HH].[HH].[HH].[HH].[HH].[HH].[HH].[HH].[HH].[HH].[HH].[HH].[HH].[HH].[HH].[HH].[HH].[HH].[HH].[HH].[HH].[HH].[HH].[HH].[HH].[HH].[HH].[HH].[HH].[HH].[HH].[HH].[HH].[HH].[HH].[HH].[HH].[HH].[HH].[HH].[HH].[HH].[HH].[HH].[HH].[HH].[HH].[HH].[HH].[HH].[HH].[HH].[HH].[HH].[HH].[HH].[HH].[HH].[HH].[HH].[HH].[HH].[HH].[HH].[HH].[HH].[HH].[HH].[HH].[HH].[HH].[HH].[HH].[HH].[HH].[HH].[HH].[HH].[HH].[HH].[HH].[HH].[HH].[HH].[HH].[HH].[HH].[HH].[HH].[HH].[HH].[HH].[HH].[HH].[HH].[HH].[HH].[HH].[HH].[HH].[HH].[HH].[HH].[HH].[HH].[HH].[HH].[HH].[HH].[HH].[HH].[HH].[HH].[HH].[HH].[HH].[HH].[HH].[HH].[HH].[HH].[HH].[HH].[HH].[HH].[HH].[HH].[HH].[HH].[HH].[HH].[HH].[HH].[HH].[HH].[HH].[HH].[HH].[HH].[HH].[HH].[HH].[HH].[HH].[HH].[HH].[HH].[HH].[HH].[HH].[HH].[HH].[HH].[HH].[HH].[HH].[HH].[HH].[HH].[HH].[HH].[HH].[HH].[HH].[HH].[HH].[HH].[HH].[HH].[HH].[HH].[HH].[HH].[HH].[HH].[HH].[HH].[HH].[HH].[HH].[HH].[HH].[HH].[HH].[HH].[HH].[HH].[HH].[HH].[HH].[HH].[HH].[HH].[HH].[HH].[HH].[HH].[HH].[HH].[HH].[HH].[HH].[HH].[HH].[HH].[HH].[HH].[HH].[HH].[HH].[HH].[HH].[HH].[HH].[HH].[HH].[HH].[HH].[HH].[HH].[HH].[HH]. The molecule has 45 heavy (non-hydrogen) atoms. The van der Waals surface area contributed by atoms with Gasteiger partial charge in [-0.05, 0) is 110 Å². The molecule has 2 saturated heterocycles. The summed E-state index contributed by atoms with van der Waals surface area (Å²) in [6.07, 6.45) is 3.51. The van der Waals surface area contributed by atoms with Crippen LogP contribution in [-0.4, -0.2) is 64.3 Å². The normalized spacial score (nSPS) is 40.8. The lowest BCUT2D eigenvalue weighted by Gasteiger charge is -2.54. The number of amides is 2. The summed E-state index contributed by atoms with van der Waals surface area (Å²) in [7, 11) is 2.31. The molecule has 5 unspecified atom stereocenters. The molecule has 5 aliphatic rings. The van der Waals surface area contributed by atoms with E-state index < -0.39 is 0 Å². The van der Waals surface area contributed by atoms with E-state index >= 15 is 0 Å². The van der Waals surface area contributed by atoms with Gasteiger partial charge >= 0.3 is 0 Å². The van der Waals surface area contributed by atoms with Gasteiger partial charge in [0.1, 0.15) is 5.82 Å². The number of aromatic nitrogens is 1. The molecule has 0 radical (unpaired) electrons. The molecule has 0 spiro atoms. The molecule has 6 nitrogen and oxygen atoms in total. The van der Waals surface area contributed by atoms with Crippen LogP contribution in [0.2, 0.25) is 0 Å². The number of likely N-dealkylation sites (tertiary alicyclic amines) is 1. The van der Waals surface area contributed by atoms with Gasteiger partial charge in [0, 0.05) is 390 Å². The average molecular weight is 1130 g/mol. The molecule has 7 rings (SSSR count). The molecular weight excluding hydrogens is 577 g/mol. The van der Waals surface area contributed by atoms with E-state index in [0.29, 0.717) is 47.6 Å². The number of nitrogens with zero attached hydrogens (tertiary/aromatic N) is 4. The predicted octanol–water partition coefficient (Wildman–Crippen LogP) is 68.4. The number of anilines is 1. The second-order valence-corrected chi connectivity index (χ2v) is 18.2. The Kier molecular flexibility index (Phi) is 7.56. The molecule has 742 valence electrons. The monoisotopic (exact) mass is 1130 g/mol. The van der Waals surface area contributed by atoms with Crippen LogP contribution in [0.25, 0.3) is 10.1 Å². The molecule has 12 atom stereocenters. The molecule has 7 heteroatoms. The van der Waals surface area contributed by atoms with Crippen molar-refractivity contribution in [2.24, 2.45) is 64.1 Å². The summed E-state index contributed by atoms with van der Waals surface area (Å²) in [6.45, 7) is 23.1. The van der Waals surface area contributed by atoms with E-state index in [1.165, 1.54) is 16.5 Å². The molecular formula is C38H552N4O2S. The van der Waals surface area contributed by atoms with Crippen LogP contribution in [0, 0.1) is 64.1 Å². The van der Waals surface area contributed by atoms with E-state index in [1.807, 2.05) is 4.90 Å². The summed E-state index contributed by atoms with van der Waals surface area (Å²) in [5.74, 6) is 3.87. The highest BCUT2D eigenvalue weighted by Gasteiger charge is 2.73. The number of piperazine rings is 1. The number of likely N-dealkylation sites (N-methyl/N-ethyl adjacent to an activating group) is 1. The zero-order valence-electron chi connectivity index (χ0n) is 29.3. The minimum Gasteiger partial charge on any atom is -0.352 e. The van der Waals surface area contributed by atoms with Crippen LogP contribution in [-0.2, 0) is 9.59 Å². The fraction of sp³-hybridized carbons (Fsp3) is 0.763. The maximum atomic E-state index is 14.5. The standard InChI is InChI=1S/C38H56N4O2S.248H2/c1-20-18-41(34-26-14-11-12-16-28(26)45-39-34)19-27(40(20)10)23(4)25-15-13-17-37(6,7)33(25)24(5)42-35(43)29-30(36(42)44)32-22(3)21(2)31(29)38(32,8)9;;;;;;;;;;;;;;;;;;;;;;;;;;;;;;;;;;;;;;;;;;;;;;;;;;;;;;;;;;;;;;;;;;;;;;;;;;;;;;;;;;;;;;;;;;;;;;;;;;;;;;;;;;;;;;;;;;;;;;;;;;;;;;;;;;;;;;;;;;;;;;;;;;;;;;;;;;;;;;;;;;;;;;;;;;;;;;;;;;;;;;;;;;;;;;;;;;;;;;;;;;;;;;;;;;;;;;;;;;;;;;;;;;;;;;;;;;;;;;;;;;;;;;;;/h11-12,14,16,20-25,27,29-33H,13,15,17-19H2,1-10H3;248*1H/t20?,21?,22?,23?,24-,25-,27-,29-,30+,31+,32?,33-;;;;;;;;;;;;;;;;;;;;;;;;;;;;;;;;;;;;;;;;;;;;;;;;;;;;;;;;;;;;;;;;;;;;;;;;;;;;;;;;;;;;;;;;;;;;;;;;;;;;;;;;;;;;;;;;;;;;;;;;;;;;;;;;;;;;;;;;;;;;;;;;;;;;;;;;;;;;;;;;;;;;;;;;;;;;;;;;;;;;;;;;;;;;;;;;;;;;;;;;;;;;;;;;;;;;;;;;;;;;;;;;;;;;;;;;;;;;;;;;;;;;;;;;/m0......................................................................................................................................................................................................................................................../s1. The molecule has 3 heterocycles. The van der Waals surface area contributed by atoms with Crippen molar-refractivity contribution in [3.8, 4) is 0 Å². The van der Waals surface area contributed by atoms with E-state index in [2.05, 4.69) is 103 Å². The highest BCUT2D eigenvalue weighted by molar-refractivity contribution is 7.13. The van der Waals surface area contributed by atoms with Crippen molar-refractivity contribution in [3.05, 3.63) is 24.3 Å². The molecule has 5 fully saturated rings. The van der Waals surface area contributed by atoms with Gasteiger partial charge < -0.3 is 4.90 Å². The van der Waals surface area contributed by atoms with Gasteiger partial charge in [0.25, 0.3) is 0 Å². The van der Waals surface area contributed by atoms with E-state index in [0.717, 1.165) is 31.7 Å². The van der Waals surface area contributed by atoms with E-state index in [1.54, 1.807) is 11.5 Å². The van der Waals surface area contributed by atoms with Crippen LogP contribution < -0.4 is 4.90 Å². The van der Waals surface area contributed by atoms with Gasteiger partial charge in [-0.15, -0.1) is 0 Å². The van der Waals surface area contributed by atoms with Crippen molar-refractivity contribution in [3.63, 3.8) is 0 Å². The molecule has 3 aliphatic carbocycles. The van der Waals surface area contributed by atoms with Crippen molar-refractivity contribution < 1.29 is 363 Å². The maximum Gasteiger partial charge on any atom is 0.233 e. The topological polar surface area (TPSA) is 56.8 Å². The first-order valence-corrected chi connectivity index (χ1v) is 18.6. The van der Waals surface area contributed by atoms with Crippen molar-refractivity contribution in [2.45, 2.75) is 99.7 Å². The van der Waals surface area contributed by atoms with Gasteiger partial charge in [-0.2, -0.15) is 4.37 Å². The number of carbonyl (C=O) groups is 2. The number of carbonyl (C=O) groups excluding carboxylic acids is 2. The molecule has 2 aromatic rings. The predicted molar refractivity (Wildman–Crippen MR) is 708 cm³/mol. The van der Waals surface area contributed by atoms with Gasteiger partial charge in [0.05, 0.1) is 16.5 Å². The lowest BCUT2D eigenvalue weighted by atomic mass is 9.57. The molecule has 2 bridgehead atoms. The van der Waals surface area contributed by atoms with Gasteiger partial charge in [0.15, 0.2) is 0 Å². The summed E-state index contributed by atoms with van der Waals surface area (Å²) in [5, 5.41) is 1.26. The molecule has 1 aromatic heterocycles. The van der Waals surface area contributed by atoms with E-state index in [-0.39, 0.29) is 400 Å². The molecule has 2 aliphatic heterocycles. The van der Waals surface area contributed by atoms with Gasteiger partial charge in [-0.1, -0.05) is 67.0 Å². The Morgan fingerprint density at radius 1 is 0.956 bits per heavy atom. The number of rotatable bonds is 5. The maximum absolute atomic E-state index is 14.5. The molecule has 1 aromatic carbocycles. The third kappa shape index (κ3) is 4.44. The third-order valence-electron chi connectivity index (χ3n) is 14.6. The fourth-order valence-electron chi connectivity index (χ4n) is 12.5. The van der Waals surface area contributed by atoms with Crippen LogP contribution in [0.15, 0.2) is 24.3 Å². The van der Waals surface area contributed by atoms with Crippen molar-refractivity contribution >= 4 is 39.3 Å². The highest BCUT2D eigenvalue weighted by Crippen LogP contribution is 2.70. The summed E-state index contributed by atoms with van der Waals surface area (Å²) < 4.78 is 6.20. The molecule has 0 N–H and O–H groups in total. The highest BCUT2D eigenvalue weighted by atomic mass is 32.1. The van der Waals surface area contributed by atoms with Crippen LogP contribution in [0.5, 0.6) is 0 Å².